The molecular weight excluding hydrogens is 330 g/mol. The van der Waals surface area contributed by atoms with Gasteiger partial charge in [0, 0.05) is 18.3 Å². The van der Waals surface area contributed by atoms with Crippen molar-refractivity contribution in [2.75, 3.05) is 25.5 Å². The highest BCUT2D eigenvalue weighted by molar-refractivity contribution is 5.95. The highest BCUT2D eigenvalue weighted by Gasteiger charge is 2.35. The van der Waals surface area contributed by atoms with Crippen LogP contribution in [0.3, 0.4) is 0 Å². The number of hydrogen-bond acceptors (Lipinski definition) is 7. The van der Waals surface area contributed by atoms with E-state index in [-0.39, 0.29) is 30.7 Å². The minimum atomic E-state index is -0.728. The van der Waals surface area contributed by atoms with Gasteiger partial charge in [-0.1, -0.05) is 6.07 Å². The second kappa shape index (κ2) is 7.51. The van der Waals surface area contributed by atoms with Crippen molar-refractivity contribution in [1.82, 2.24) is 9.80 Å². The lowest BCUT2D eigenvalue weighted by atomic mass is 10.2. The van der Waals surface area contributed by atoms with Crippen LogP contribution < -0.4 is 11.1 Å². The molecule has 10 heteroatoms. The Morgan fingerprint density at radius 2 is 2.16 bits per heavy atom. The van der Waals surface area contributed by atoms with Crippen molar-refractivity contribution < 1.29 is 19.2 Å². The van der Waals surface area contributed by atoms with E-state index < -0.39 is 16.9 Å². The van der Waals surface area contributed by atoms with E-state index in [4.69, 9.17) is 10.5 Å². The Kier molecular flexibility index (Phi) is 5.42. The van der Waals surface area contributed by atoms with Gasteiger partial charge in [0.2, 0.25) is 5.91 Å². The number of nitrogens with two attached hydrogens (primary N) is 1. The van der Waals surface area contributed by atoms with Gasteiger partial charge in [0.1, 0.15) is 13.2 Å². The second-order valence-electron chi connectivity index (χ2n) is 5.44. The summed E-state index contributed by atoms with van der Waals surface area (Å²) in [5.74, 6) is -0.656. The molecule has 0 spiro atoms. The van der Waals surface area contributed by atoms with Gasteiger partial charge >= 0.3 is 11.9 Å². The SMILES string of the molecule is CC1N(C)C=C([N+](=O)[O-])N1CCOC(=O)Nc1cccc(C(N)=O)c1. The Labute approximate surface area is 144 Å². The maximum Gasteiger partial charge on any atom is 0.411 e. The van der Waals surface area contributed by atoms with Gasteiger partial charge < -0.3 is 25.5 Å². The number of nitro groups is 1. The Balaban J connectivity index is 1.86. The molecule has 10 nitrogen and oxygen atoms in total. The van der Waals surface area contributed by atoms with Crippen LogP contribution in [-0.4, -0.2) is 53.1 Å². The molecule has 2 amide bonds. The largest absolute Gasteiger partial charge is 0.445 e. The number of hydrogen-bond donors (Lipinski definition) is 2. The molecule has 1 aliphatic rings. The molecule has 1 aliphatic heterocycles. The first kappa shape index (κ1) is 18.0. The third-order valence-electron chi connectivity index (χ3n) is 3.80. The highest BCUT2D eigenvalue weighted by atomic mass is 16.6. The van der Waals surface area contributed by atoms with Gasteiger partial charge in [0.15, 0.2) is 6.17 Å². The fourth-order valence-electron chi connectivity index (χ4n) is 2.37. The van der Waals surface area contributed by atoms with Gasteiger partial charge in [-0.25, -0.2) is 9.69 Å². The fourth-order valence-corrected chi connectivity index (χ4v) is 2.37. The maximum absolute atomic E-state index is 11.8. The zero-order valence-corrected chi connectivity index (χ0v) is 13.8. The molecule has 0 saturated carbocycles. The zero-order chi connectivity index (χ0) is 18.6. The topological polar surface area (TPSA) is 131 Å². The molecule has 1 aromatic carbocycles. The van der Waals surface area contributed by atoms with Gasteiger partial charge in [-0.05, 0) is 30.0 Å². The van der Waals surface area contributed by atoms with Gasteiger partial charge in [0.25, 0.3) is 0 Å². The molecule has 3 N–H and O–H groups in total. The first-order chi connectivity index (χ1) is 11.8. The molecule has 134 valence electrons. The molecular formula is C15H19N5O5. The number of primary amides is 1. The smallest absolute Gasteiger partial charge is 0.411 e. The van der Waals surface area contributed by atoms with E-state index >= 15 is 0 Å². The summed E-state index contributed by atoms with van der Waals surface area (Å²) in [5, 5.41) is 13.5. The van der Waals surface area contributed by atoms with Crippen molar-refractivity contribution in [3.05, 3.63) is 52.0 Å². The number of carbonyl (C=O) groups excluding carboxylic acids is 2. The maximum atomic E-state index is 11.8. The number of benzene rings is 1. The summed E-state index contributed by atoms with van der Waals surface area (Å²) in [5.41, 5.74) is 5.79. The van der Waals surface area contributed by atoms with Crippen molar-refractivity contribution in [1.29, 1.82) is 0 Å². The molecule has 25 heavy (non-hydrogen) atoms. The van der Waals surface area contributed by atoms with Gasteiger partial charge in [-0.3, -0.25) is 10.1 Å². The van der Waals surface area contributed by atoms with Gasteiger partial charge in [-0.15, -0.1) is 0 Å². The predicted octanol–water partition coefficient (Wildman–Crippen LogP) is 1.00. The van der Waals surface area contributed by atoms with Crippen LogP contribution in [0.4, 0.5) is 10.5 Å². The Morgan fingerprint density at radius 3 is 2.80 bits per heavy atom. The molecule has 1 atom stereocenters. The van der Waals surface area contributed by atoms with E-state index in [2.05, 4.69) is 5.32 Å². The normalized spacial score (nSPS) is 16.4. The van der Waals surface area contributed by atoms with Crippen LogP contribution in [0.15, 0.2) is 36.3 Å². The number of nitrogens with zero attached hydrogens (tertiary/aromatic N) is 3. The highest BCUT2D eigenvalue weighted by Crippen LogP contribution is 2.20. The van der Waals surface area contributed by atoms with Crippen LogP contribution in [0.1, 0.15) is 17.3 Å². The second-order valence-corrected chi connectivity index (χ2v) is 5.44. The minimum Gasteiger partial charge on any atom is -0.445 e. The summed E-state index contributed by atoms with van der Waals surface area (Å²) in [6.07, 6.45) is 0.493. The van der Waals surface area contributed by atoms with Gasteiger partial charge in [0.05, 0.1) is 6.20 Å². The van der Waals surface area contributed by atoms with E-state index in [1.54, 1.807) is 24.1 Å². The third-order valence-corrected chi connectivity index (χ3v) is 3.80. The predicted molar refractivity (Wildman–Crippen MR) is 88.9 cm³/mol. The monoisotopic (exact) mass is 349 g/mol. The summed E-state index contributed by atoms with van der Waals surface area (Å²) in [6, 6.07) is 6.11. The summed E-state index contributed by atoms with van der Waals surface area (Å²) in [4.78, 5) is 36.7. The lowest BCUT2D eigenvalue weighted by molar-refractivity contribution is -0.445. The van der Waals surface area contributed by atoms with Crippen LogP contribution in [0.5, 0.6) is 0 Å². The van der Waals surface area contributed by atoms with Crippen molar-refractivity contribution in [2.45, 2.75) is 13.1 Å². The Morgan fingerprint density at radius 1 is 1.44 bits per heavy atom. The molecule has 0 fully saturated rings. The molecule has 0 aromatic heterocycles. The first-order valence-corrected chi connectivity index (χ1v) is 7.48. The number of rotatable bonds is 6. The molecule has 1 aromatic rings. The molecule has 1 heterocycles. The number of carbonyl (C=O) groups is 2. The number of ether oxygens (including phenoxy) is 1. The van der Waals surface area contributed by atoms with Crippen LogP contribution >= 0.6 is 0 Å². The average Bonchev–Trinajstić information content (AvgIpc) is 2.83. The molecule has 2 rings (SSSR count). The van der Waals surface area contributed by atoms with Crippen molar-refractivity contribution in [2.24, 2.45) is 5.73 Å². The quantitative estimate of drug-likeness (QED) is 0.578. The number of anilines is 1. The van der Waals surface area contributed by atoms with E-state index in [1.165, 1.54) is 23.2 Å². The number of nitrogens with one attached hydrogen (secondary N) is 1. The van der Waals surface area contributed by atoms with Crippen molar-refractivity contribution in [3.8, 4) is 0 Å². The van der Waals surface area contributed by atoms with E-state index in [1.807, 2.05) is 6.92 Å². The van der Waals surface area contributed by atoms with Gasteiger partial charge in [-0.2, -0.15) is 0 Å². The lowest BCUT2D eigenvalue weighted by Crippen LogP contribution is -2.39. The van der Waals surface area contributed by atoms with Crippen LogP contribution in [0.25, 0.3) is 0 Å². The van der Waals surface area contributed by atoms with Crippen LogP contribution in [-0.2, 0) is 4.74 Å². The number of amides is 2. The molecule has 0 aliphatic carbocycles. The van der Waals surface area contributed by atoms with E-state index in [9.17, 15) is 19.7 Å². The standard InChI is InChI=1S/C15H19N5O5/c1-10-18(2)9-13(20(23)24)19(10)6-7-25-15(22)17-12-5-3-4-11(8-12)14(16)21/h3-5,8-10H,6-7H2,1-2H3,(H2,16,21)(H,17,22). The summed E-state index contributed by atoms with van der Waals surface area (Å²) in [6.45, 7) is 1.94. The molecule has 0 saturated heterocycles. The lowest BCUT2D eigenvalue weighted by Gasteiger charge is -2.22. The zero-order valence-electron chi connectivity index (χ0n) is 13.8. The molecule has 0 radical (unpaired) electrons. The van der Waals surface area contributed by atoms with E-state index in [0.717, 1.165) is 0 Å². The third kappa shape index (κ3) is 4.37. The average molecular weight is 349 g/mol. The summed E-state index contributed by atoms with van der Waals surface area (Å²) >= 11 is 0. The summed E-state index contributed by atoms with van der Waals surface area (Å²) < 4.78 is 5.04. The van der Waals surface area contributed by atoms with E-state index in [0.29, 0.717) is 5.69 Å². The fraction of sp³-hybridized carbons (Fsp3) is 0.333. The minimum absolute atomic E-state index is 0.0370. The molecule has 1 unspecified atom stereocenters. The molecule has 0 bridgehead atoms. The first-order valence-electron chi connectivity index (χ1n) is 7.48. The van der Waals surface area contributed by atoms with Crippen LogP contribution in [0, 0.1) is 10.1 Å². The van der Waals surface area contributed by atoms with Crippen LogP contribution in [0.2, 0.25) is 0 Å². The van der Waals surface area contributed by atoms with Crippen molar-refractivity contribution >= 4 is 17.7 Å². The summed E-state index contributed by atoms with van der Waals surface area (Å²) in [7, 11) is 1.73. The Bertz CT molecular complexity index is 720. The Hall–Kier alpha value is -3.30. The van der Waals surface area contributed by atoms with Crippen molar-refractivity contribution in [3.63, 3.8) is 0 Å².